The van der Waals surface area contributed by atoms with Gasteiger partial charge in [-0.25, -0.2) is 0 Å². The predicted octanol–water partition coefficient (Wildman–Crippen LogP) is 1.36. The molecule has 0 fully saturated rings. The molecule has 1 amide bonds. The molecule has 0 aliphatic rings. The van der Waals surface area contributed by atoms with Crippen LogP contribution < -0.4 is 10.5 Å². The predicted molar refractivity (Wildman–Crippen MR) is 55.1 cm³/mol. The van der Waals surface area contributed by atoms with Gasteiger partial charge in [0.05, 0.1) is 7.11 Å². The molecular formula is C11H15NO2. The molecular weight excluding hydrogens is 178 g/mol. The highest BCUT2D eigenvalue weighted by Crippen LogP contribution is 2.15. The van der Waals surface area contributed by atoms with Gasteiger partial charge >= 0.3 is 0 Å². The minimum Gasteiger partial charge on any atom is -0.497 e. The van der Waals surface area contributed by atoms with Gasteiger partial charge < -0.3 is 10.5 Å². The van der Waals surface area contributed by atoms with Crippen LogP contribution in [0.15, 0.2) is 24.3 Å². The summed E-state index contributed by atoms with van der Waals surface area (Å²) in [6.07, 6.45) is 0.659. The van der Waals surface area contributed by atoms with E-state index in [1.807, 2.05) is 31.2 Å². The van der Waals surface area contributed by atoms with Crippen LogP contribution in [0.5, 0.6) is 5.75 Å². The first-order valence-electron chi connectivity index (χ1n) is 4.55. The van der Waals surface area contributed by atoms with E-state index < -0.39 is 0 Å². The molecule has 0 heterocycles. The number of primary amides is 1. The molecule has 0 saturated carbocycles. The summed E-state index contributed by atoms with van der Waals surface area (Å²) in [5, 5.41) is 0. The van der Waals surface area contributed by atoms with E-state index in [1.165, 1.54) is 0 Å². The van der Waals surface area contributed by atoms with Crippen LogP contribution >= 0.6 is 0 Å². The Morgan fingerprint density at radius 1 is 1.57 bits per heavy atom. The van der Waals surface area contributed by atoms with Gasteiger partial charge in [-0.1, -0.05) is 19.1 Å². The molecule has 2 N–H and O–H groups in total. The van der Waals surface area contributed by atoms with E-state index in [9.17, 15) is 4.79 Å². The fourth-order valence-corrected chi connectivity index (χ4v) is 1.25. The topological polar surface area (TPSA) is 52.3 Å². The van der Waals surface area contributed by atoms with Gasteiger partial charge in [0.25, 0.3) is 0 Å². The molecule has 3 heteroatoms. The largest absolute Gasteiger partial charge is 0.497 e. The Balaban J connectivity index is 2.71. The molecule has 0 unspecified atom stereocenters. The van der Waals surface area contributed by atoms with Crippen molar-refractivity contribution in [1.82, 2.24) is 0 Å². The van der Waals surface area contributed by atoms with Crippen molar-refractivity contribution < 1.29 is 9.53 Å². The zero-order valence-corrected chi connectivity index (χ0v) is 8.49. The standard InChI is InChI=1S/C11H15NO2/c1-8(11(12)13)6-9-4-3-5-10(7-9)14-2/h3-5,7-8H,6H2,1-2H3,(H2,12,13)/t8-/m1/s1. The molecule has 1 aromatic carbocycles. The summed E-state index contributed by atoms with van der Waals surface area (Å²) in [5.74, 6) is 0.397. The lowest BCUT2D eigenvalue weighted by Gasteiger charge is -2.08. The smallest absolute Gasteiger partial charge is 0.220 e. The van der Waals surface area contributed by atoms with Crippen LogP contribution in [0.4, 0.5) is 0 Å². The highest BCUT2D eigenvalue weighted by molar-refractivity contribution is 5.76. The lowest BCUT2D eigenvalue weighted by molar-refractivity contribution is -0.121. The summed E-state index contributed by atoms with van der Waals surface area (Å²) >= 11 is 0. The summed E-state index contributed by atoms with van der Waals surface area (Å²) in [7, 11) is 1.62. The average molecular weight is 193 g/mol. The SMILES string of the molecule is COc1cccc(C[C@@H](C)C(N)=O)c1. The van der Waals surface area contributed by atoms with E-state index in [0.717, 1.165) is 11.3 Å². The molecule has 0 aliphatic heterocycles. The number of ether oxygens (including phenoxy) is 1. The second kappa shape index (κ2) is 4.65. The van der Waals surface area contributed by atoms with Crippen LogP contribution in [0, 0.1) is 5.92 Å². The van der Waals surface area contributed by atoms with Gasteiger partial charge in [0.1, 0.15) is 5.75 Å². The molecule has 0 aromatic heterocycles. The first-order chi connectivity index (χ1) is 6.63. The van der Waals surface area contributed by atoms with Crippen molar-refractivity contribution in [1.29, 1.82) is 0 Å². The van der Waals surface area contributed by atoms with Crippen molar-refractivity contribution in [2.45, 2.75) is 13.3 Å². The molecule has 14 heavy (non-hydrogen) atoms. The van der Waals surface area contributed by atoms with E-state index >= 15 is 0 Å². The summed E-state index contributed by atoms with van der Waals surface area (Å²) in [5.41, 5.74) is 6.25. The average Bonchev–Trinajstić information content (AvgIpc) is 2.18. The molecule has 1 atom stereocenters. The third-order valence-electron chi connectivity index (χ3n) is 2.16. The van der Waals surface area contributed by atoms with Gasteiger partial charge in [0.2, 0.25) is 5.91 Å². The van der Waals surface area contributed by atoms with Crippen molar-refractivity contribution in [2.75, 3.05) is 7.11 Å². The number of amides is 1. The van der Waals surface area contributed by atoms with E-state index in [2.05, 4.69) is 0 Å². The van der Waals surface area contributed by atoms with Crippen LogP contribution in [0.3, 0.4) is 0 Å². The van der Waals surface area contributed by atoms with Crippen molar-refractivity contribution in [2.24, 2.45) is 11.7 Å². The first-order valence-corrected chi connectivity index (χ1v) is 4.55. The number of carbonyl (C=O) groups excluding carboxylic acids is 1. The Hall–Kier alpha value is -1.51. The second-order valence-corrected chi connectivity index (χ2v) is 3.36. The Morgan fingerprint density at radius 3 is 2.86 bits per heavy atom. The lowest BCUT2D eigenvalue weighted by atomic mass is 10.0. The molecule has 0 saturated heterocycles. The summed E-state index contributed by atoms with van der Waals surface area (Å²) < 4.78 is 5.08. The normalized spacial score (nSPS) is 12.1. The van der Waals surface area contributed by atoms with Crippen LogP contribution in [0.1, 0.15) is 12.5 Å². The maximum atomic E-state index is 10.8. The van der Waals surface area contributed by atoms with E-state index in [1.54, 1.807) is 7.11 Å². The molecule has 1 rings (SSSR count). The van der Waals surface area contributed by atoms with E-state index in [-0.39, 0.29) is 11.8 Å². The van der Waals surface area contributed by atoms with Crippen LogP contribution in [0.2, 0.25) is 0 Å². The second-order valence-electron chi connectivity index (χ2n) is 3.36. The van der Waals surface area contributed by atoms with Gasteiger partial charge in [0, 0.05) is 5.92 Å². The molecule has 0 spiro atoms. The van der Waals surface area contributed by atoms with Gasteiger partial charge in [-0.05, 0) is 24.1 Å². The lowest BCUT2D eigenvalue weighted by Crippen LogP contribution is -2.22. The minimum atomic E-state index is -0.271. The molecule has 3 nitrogen and oxygen atoms in total. The van der Waals surface area contributed by atoms with Crippen molar-refractivity contribution in [3.05, 3.63) is 29.8 Å². The Kier molecular flexibility index (Phi) is 3.51. The third-order valence-corrected chi connectivity index (χ3v) is 2.16. The van der Waals surface area contributed by atoms with Crippen LogP contribution in [-0.2, 0) is 11.2 Å². The first kappa shape index (κ1) is 10.6. The van der Waals surface area contributed by atoms with Gasteiger partial charge in [0.15, 0.2) is 0 Å². The van der Waals surface area contributed by atoms with Gasteiger partial charge in [-0.2, -0.15) is 0 Å². The molecule has 1 aromatic rings. The highest BCUT2D eigenvalue weighted by atomic mass is 16.5. The van der Waals surface area contributed by atoms with E-state index in [4.69, 9.17) is 10.5 Å². The zero-order chi connectivity index (χ0) is 10.6. The minimum absolute atomic E-state index is 0.137. The fraction of sp³-hybridized carbons (Fsp3) is 0.364. The van der Waals surface area contributed by atoms with E-state index in [0.29, 0.717) is 6.42 Å². The number of hydrogen-bond donors (Lipinski definition) is 1. The van der Waals surface area contributed by atoms with Crippen molar-refractivity contribution in [3.63, 3.8) is 0 Å². The Morgan fingerprint density at radius 2 is 2.29 bits per heavy atom. The van der Waals surface area contributed by atoms with Crippen LogP contribution in [0.25, 0.3) is 0 Å². The number of rotatable bonds is 4. The van der Waals surface area contributed by atoms with Crippen molar-refractivity contribution in [3.8, 4) is 5.75 Å². The molecule has 0 bridgehead atoms. The monoisotopic (exact) mass is 193 g/mol. The zero-order valence-electron chi connectivity index (χ0n) is 8.49. The number of methoxy groups -OCH3 is 1. The molecule has 76 valence electrons. The maximum absolute atomic E-state index is 10.8. The highest BCUT2D eigenvalue weighted by Gasteiger charge is 2.09. The number of carbonyl (C=O) groups is 1. The quantitative estimate of drug-likeness (QED) is 0.785. The number of hydrogen-bond acceptors (Lipinski definition) is 2. The number of nitrogens with two attached hydrogens (primary N) is 1. The summed E-state index contributed by atoms with van der Waals surface area (Å²) in [6.45, 7) is 1.82. The fourth-order valence-electron chi connectivity index (χ4n) is 1.25. The van der Waals surface area contributed by atoms with Gasteiger partial charge in [-0.3, -0.25) is 4.79 Å². The molecule has 0 radical (unpaired) electrons. The van der Waals surface area contributed by atoms with Gasteiger partial charge in [-0.15, -0.1) is 0 Å². The molecule has 0 aliphatic carbocycles. The van der Waals surface area contributed by atoms with Crippen LogP contribution in [-0.4, -0.2) is 13.0 Å². The van der Waals surface area contributed by atoms with Crippen molar-refractivity contribution >= 4 is 5.91 Å². The number of benzene rings is 1. The third kappa shape index (κ3) is 2.76. The Bertz CT molecular complexity index is 323. The Labute approximate surface area is 83.9 Å². The summed E-state index contributed by atoms with van der Waals surface area (Å²) in [4.78, 5) is 10.8. The maximum Gasteiger partial charge on any atom is 0.220 e. The summed E-state index contributed by atoms with van der Waals surface area (Å²) in [6, 6.07) is 7.65.